The molecule has 0 aliphatic heterocycles. The maximum absolute atomic E-state index is 12.2. The van der Waals surface area contributed by atoms with Crippen LogP contribution in [0.4, 0.5) is 0 Å². The number of unbranched alkanes of at least 4 members (excludes halogenated alkanes) is 1. The highest BCUT2D eigenvalue weighted by Crippen LogP contribution is 2.20. The van der Waals surface area contributed by atoms with Gasteiger partial charge in [-0.25, -0.2) is 0 Å². The zero-order chi connectivity index (χ0) is 15.6. The molecule has 1 radical (unpaired) electrons. The van der Waals surface area contributed by atoms with Gasteiger partial charge >= 0.3 is 0 Å². The summed E-state index contributed by atoms with van der Waals surface area (Å²) in [6, 6.07) is 19.1. The molecule has 0 N–H and O–H groups in total. The van der Waals surface area contributed by atoms with Crippen LogP contribution in [0.2, 0.25) is 0 Å². The Kier molecular flexibility index (Phi) is 7.10. The Hall–Kier alpha value is -1.68. The zero-order valence-electron chi connectivity index (χ0n) is 13.0. The molecule has 0 saturated carbocycles. The average Bonchev–Trinajstić information content (AvgIpc) is 2.59. The van der Waals surface area contributed by atoms with Crippen molar-refractivity contribution in [2.75, 3.05) is 0 Å². The molecular formula is C19H23O3. The highest BCUT2D eigenvalue weighted by Gasteiger charge is 2.17. The predicted molar refractivity (Wildman–Crippen MR) is 85.5 cm³/mol. The van der Waals surface area contributed by atoms with E-state index in [2.05, 4.69) is 6.92 Å². The molecule has 3 heteroatoms. The molecule has 2 atom stereocenters. The summed E-state index contributed by atoms with van der Waals surface area (Å²) in [6.07, 6.45) is 1.07. The van der Waals surface area contributed by atoms with Crippen LogP contribution in [0, 0.1) is 0 Å². The summed E-state index contributed by atoms with van der Waals surface area (Å²) in [6.45, 7) is 2.57. The summed E-state index contributed by atoms with van der Waals surface area (Å²) >= 11 is 0. The van der Waals surface area contributed by atoms with Gasteiger partial charge in [0.1, 0.15) is 0 Å². The normalized spacial score (nSPS) is 13.7. The van der Waals surface area contributed by atoms with Crippen LogP contribution in [0.15, 0.2) is 60.7 Å². The predicted octanol–water partition coefficient (Wildman–Crippen LogP) is 4.87. The maximum Gasteiger partial charge on any atom is 0.219 e. The Labute approximate surface area is 132 Å². The minimum atomic E-state index is -1.21. The molecule has 2 unspecified atom stereocenters. The van der Waals surface area contributed by atoms with Crippen LogP contribution < -0.4 is 0 Å². The van der Waals surface area contributed by atoms with Crippen LogP contribution >= 0.6 is 0 Å². The molecule has 0 saturated heterocycles. The van der Waals surface area contributed by atoms with E-state index in [9.17, 15) is 5.11 Å². The van der Waals surface area contributed by atoms with Gasteiger partial charge in [0.05, 0.1) is 6.61 Å². The zero-order valence-corrected chi connectivity index (χ0v) is 13.0. The maximum atomic E-state index is 12.2. The van der Waals surface area contributed by atoms with Crippen molar-refractivity contribution in [2.24, 2.45) is 0 Å². The standard InChI is InChI=1S/C19H23O3/c1-2-3-14-18(21-15-16-10-6-4-7-11-16)22-19(20)17-12-8-5-9-13-17/h4-13,18-19H,2-3,14-15H2,1H3. The minimum absolute atomic E-state index is 0.455. The molecule has 0 aromatic heterocycles. The van der Waals surface area contributed by atoms with Crippen molar-refractivity contribution in [2.45, 2.75) is 45.4 Å². The Morgan fingerprint density at radius 1 is 0.955 bits per heavy atom. The summed E-state index contributed by atoms with van der Waals surface area (Å²) in [5, 5.41) is 12.2. The SMILES string of the molecule is CCCCC(OCc1ccccc1)OC([O])c1ccccc1. The Morgan fingerprint density at radius 3 is 2.23 bits per heavy atom. The van der Waals surface area contributed by atoms with Crippen molar-refractivity contribution in [3.8, 4) is 0 Å². The first-order valence-corrected chi connectivity index (χ1v) is 7.81. The van der Waals surface area contributed by atoms with Gasteiger partial charge < -0.3 is 9.47 Å². The van der Waals surface area contributed by atoms with Gasteiger partial charge in [0, 0.05) is 5.56 Å². The van der Waals surface area contributed by atoms with Crippen molar-refractivity contribution in [3.05, 3.63) is 71.8 Å². The van der Waals surface area contributed by atoms with E-state index in [-0.39, 0.29) is 0 Å². The van der Waals surface area contributed by atoms with Gasteiger partial charge in [-0.1, -0.05) is 74.0 Å². The second-order valence-corrected chi connectivity index (χ2v) is 5.25. The highest BCUT2D eigenvalue weighted by atomic mass is 16.7. The fraction of sp³-hybridized carbons (Fsp3) is 0.368. The van der Waals surface area contributed by atoms with E-state index in [0.29, 0.717) is 12.2 Å². The molecule has 0 bridgehead atoms. The number of ether oxygens (including phenoxy) is 2. The first-order valence-electron chi connectivity index (χ1n) is 7.81. The van der Waals surface area contributed by atoms with E-state index in [1.54, 1.807) is 12.1 Å². The third-order valence-corrected chi connectivity index (χ3v) is 3.42. The number of hydrogen-bond donors (Lipinski definition) is 0. The Balaban J connectivity index is 1.90. The van der Waals surface area contributed by atoms with E-state index < -0.39 is 12.6 Å². The smallest absolute Gasteiger partial charge is 0.219 e. The van der Waals surface area contributed by atoms with E-state index in [4.69, 9.17) is 9.47 Å². The number of benzene rings is 2. The summed E-state index contributed by atoms with van der Waals surface area (Å²) < 4.78 is 11.4. The lowest BCUT2D eigenvalue weighted by atomic mass is 10.2. The van der Waals surface area contributed by atoms with Gasteiger partial charge in [0.2, 0.25) is 6.29 Å². The van der Waals surface area contributed by atoms with E-state index in [0.717, 1.165) is 24.8 Å². The van der Waals surface area contributed by atoms with Crippen molar-refractivity contribution < 1.29 is 14.6 Å². The van der Waals surface area contributed by atoms with Crippen molar-refractivity contribution in [1.29, 1.82) is 0 Å². The molecule has 3 nitrogen and oxygen atoms in total. The quantitative estimate of drug-likeness (QED) is 0.620. The minimum Gasteiger partial charge on any atom is -0.348 e. The van der Waals surface area contributed by atoms with Crippen molar-refractivity contribution >= 4 is 0 Å². The van der Waals surface area contributed by atoms with Gasteiger partial charge in [-0.05, 0) is 18.4 Å². The van der Waals surface area contributed by atoms with E-state index in [1.165, 1.54) is 0 Å². The first-order chi connectivity index (χ1) is 10.8. The molecule has 2 rings (SSSR count). The molecule has 0 aliphatic rings. The largest absolute Gasteiger partial charge is 0.348 e. The second kappa shape index (κ2) is 9.36. The molecule has 0 spiro atoms. The molecule has 0 heterocycles. The van der Waals surface area contributed by atoms with Gasteiger partial charge in [-0.2, -0.15) is 5.11 Å². The topological polar surface area (TPSA) is 38.4 Å². The van der Waals surface area contributed by atoms with Crippen molar-refractivity contribution in [3.63, 3.8) is 0 Å². The number of hydrogen-bond acceptors (Lipinski definition) is 2. The summed E-state index contributed by atoms with van der Waals surface area (Å²) in [7, 11) is 0. The van der Waals surface area contributed by atoms with Crippen LogP contribution in [0.25, 0.3) is 0 Å². The fourth-order valence-corrected chi connectivity index (χ4v) is 2.15. The highest BCUT2D eigenvalue weighted by molar-refractivity contribution is 5.15. The monoisotopic (exact) mass is 299 g/mol. The molecule has 0 aliphatic carbocycles. The lowest BCUT2D eigenvalue weighted by molar-refractivity contribution is -0.257. The second-order valence-electron chi connectivity index (χ2n) is 5.25. The fourth-order valence-electron chi connectivity index (χ4n) is 2.15. The third-order valence-electron chi connectivity index (χ3n) is 3.42. The van der Waals surface area contributed by atoms with Crippen LogP contribution in [-0.2, 0) is 21.2 Å². The summed E-state index contributed by atoms with van der Waals surface area (Å²) in [4.78, 5) is 0. The van der Waals surface area contributed by atoms with Gasteiger partial charge in [-0.15, -0.1) is 0 Å². The van der Waals surface area contributed by atoms with Crippen LogP contribution in [0.3, 0.4) is 0 Å². The lowest BCUT2D eigenvalue weighted by Gasteiger charge is -2.21. The van der Waals surface area contributed by atoms with Crippen molar-refractivity contribution in [1.82, 2.24) is 0 Å². The molecule has 2 aromatic carbocycles. The Morgan fingerprint density at radius 2 is 1.59 bits per heavy atom. The molecule has 117 valence electrons. The average molecular weight is 299 g/mol. The summed E-state index contributed by atoms with van der Waals surface area (Å²) in [5.41, 5.74) is 1.71. The number of rotatable bonds is 9. The molecular weight excluding hydrogens is 276 g/mol. The summed E-state index contributed by atoms with van der Waals surface area (Å²) in [5.74, 6) is 0. The molecule has 0 fully saturated rings. The van der Waals surface area contributed by atoms with Gasteiger partial charge in [0.15, 0.2) is 6.29 Å². The lowest BCUT2D eigenvalue weighted by Crippen LogP contribution is -2.20. The third kappa shape index (κ3) is 5.60. The Bertz CT molecular complexity index is 513. The van der Waals surface area contributed by atoms with Crippen LogP contribution in [0.5, 0.6) is 0 Å². The first kappa shape index (κ1) is 16.7. The van der Waals surface area contributed by atoms with Crippen LogP contribution in [0.1, 0.15) is 43.6 Å². The van der Waals surface area contributed by atoms with E-state index in [1.807, 2.05) is 48.5 Å². The van der Waals surface area contributed by atoms with E-state index >= 15 is 0 Å². The van der Waals surface area contributed by atoms with Gasteiger partial charge in [0.25, 0.3) is 0 Å². The molecule has 22 heavy (non-hydrogen) atoms. The molecule has 0 amide bonds. The van der Waals surface area contributed by atoms with Gasteiger partial charge in [-0.3, -0.25) is 0 Å². The van der Waals surface area contributed by atoms with Crippen LogP contribution in [-0.4, -0.2) is 6.29 Å². The molecule has 2 aromatic rings.